The van der Waals surface area contributed by atoms with Crippen LogP contribution in [0.3, 0.4) is 0 Å². The molecule has 1 aliphatic rings. The monoisotopic (exact) mass is 262 g/mol. The Hall–Kier alpha value is -1.39. The van der Waals surface area contributed by atoms with E-state index >= 15 is 0 Å². The predicted molar refractivity (Wildman–Crippen MR) is 75.4 cm³/mol. The Labute approximate surface area is 114 Å². The van der Waals surface area contributed by atoms with E-state index in [1.54, 1.807) is 6.92 Å². The fourth-order valence-electron chi connectivity index (χ4n) is 2.39. The molecule has 1 unspecified atom stereocenters. The van der Waals surface area contributed by atoms with E-state index in [-0.39, 0.29) is 12.0 Å². The molecule has 1 amide bonds. The van der Waals surface area contributed by atoms with Gasteiger partial charge in [-0.25, -0.2) is 0 Å². The second-order valence-corrected chi connectivity index (χ2v) is 5.15. The molecule has 0 aliphatic heterocycles. The maximum absolute atomic E-state index is 12.0. The van der Waals surface area contributed by atoms with Crippen LogP contribution >= 0.6 is 0 Å². The molecule has 1 aromatic rings. The fraction of sp³-hybridized carbons (Fsp3) is 0.533. The molecule has 0 radical (unpaired) electrons. The Morgan fingerprint density at radius 1 is 1.32 bits per heavy atom. The maximum atomic E-state index is 12.0. The van der Waals surface area contributed by atoms with Crippen LogP contribution in [0, 0.1) is 0 Å². The van der Waals surface area contributed by atoms with Crippen LogP contribution in [-0.2, 0) is 12.8 Å². The van der Waals surface area contributed by atoms with Crippen LogP contribution in [0.1, 0.15) is 34.8 Å². The topological polar surface area (TPSA) is 61.4 Å². The molecule has 1 atom stereocenters. The highest BCUT2D eigenvalue weighted by Crippen LogP contribution is 2.22. The summed E-state index contributed by atoms with van der Waals surface area (Å²) in [7, 11) is 0. The molecular formula is C15H22N2O2. The van der Waals surface area contributed by atoms with E-state index in [9.17, 15) is 4.79 Å². The van der Waals surface area contributed by atoms with Crippen molar-refractivity contribution in [3.63, 3.8) is 0 Å². The maximum Gasteiger partial charge on any atom is 0.251 e. The molecule has 4 nitrogen and oxygen atoms in total. The van der Waals surface area contributed by atoms with E-state index in [1.165, 1.54) is 17.5 Å². The average molecular weight is 262 g/mol. The van der Waals surface area contributed by atoms with E-state index in [0.717, 1.165) is 18.4 Å². The van der Waals surface area contributed by atoms with Gasteiger partial charge in [-0.15, -0.1) is 0 Å². The molecule has 0 aromatic heterocycles. The number of aryl methyl sites for hydroxylation is 2. The summed E-state index contributed by atoms with van der Waals surface area (Å²) in [5.74, 6) is -0.0199. The molecule has 3 N–H and O–H groups in total. The van der Waals surface area contributed by atoms with Gasteiger partial charge in [0.05, 0.1) is 6.10 Å². The summed E-state index contributed by atoms with van der Waals surface area (Å²) in [6.07, 6.45) is 3.07. The van der Waals surface area contributed by atoms with E-state index in [2.05, 4.69) is 16.7 Å². The van der Waals surface area contributed by atoms with Crippen LogP contribution in [0.15, 0.2) is 18.2 Å². The Kier molecular flexibility index (Phi) is 4.93. The van der Waals surface area contributed by atoms with Gasteiger partial charge in [-0.2, -0.15) is 0 Å². The smallest absolute Gasteiger partial charge is 0.251 e. The van der Waals surface area contributed by atoms with Gasteiger partial charge >= 0.3 is 0 Å². The summed E-state index contributed by atoms with van der Waals surface area (Å²) in [5.41, 5.74) is 3.45. The third-order valence-electron chi connectivity index (χ3n) is 3.39. The van der Waals surface area contributed by atoms with Crippen LogP contribution in [0.25, 0.3) is 0 Å². The average Bonchev–Trinajstić information content (AvgIpc) is 2.84. The van der Waals surface area contributed by atoms with Gasteiger partial charge < -0.3 is 15.7 Å². The fourth-order valence-corrected chi connectivity index (χ4v) is 2.39. The lowest BCUT2D eigenvalue weighted by Gasteiger charge is -2.09. The number of aliphatic hydroxyl groups excluding tert-OH is 1. The van der Waals surface area contributed by atoms with Crippen molar-refractivity contribution in [3.05, 3.63) is 34.9 Å². The summed E-state index contributed by atoms with van der Waals surface area (Å²) < 4.78 is 0. The second kappa shape index (κ2) is 6.68. The third-order valence-corrected chi connectivity index (χ3v) is 3.39. The Morgan fingerprint density at radius 3 is 2.89 bits per heavy atom. The lowest BCUT2D eigenvalue weighted by molar-refractivity contribution is 0.0953. The van der Waals surface area contributed by atoms with Gasteiger partial charge in [-0.1, -0.05) is 6.07 Å². The van der Waals surface area contributed by atoms with Crippen molar-refractivity contribution in [2.45, 2.75) is 32.3 Å². The summed E-state index contributed by atoms with van der Waals surface area (Å²) in [4.78, 5) is 12.0. The first kappa shape index (κ1) is 14.0. The Bertz CT molecular complexity index is 444. The number of aliphatic hydroxyl groups is 1. The molecule has 0 fully saturated rings. The standard InChI is InChI=1S/C15H22N2O2/c1-11(18)10-16-7-8-17-15(19)14-6-5-12-3-2-4-13(12)9-14/h5-6,9,11,16,18H,2-4,7-8,10H2,1H3,(H,17,19). The molecular weight excluding hydrogens is 240 g/mol. The molecule has 2 rings (SSSR count). The van der Waals surface area contributed by atoms with Crippen LogP contribution in [0.5, 0.6) is 0 Å². The van der Waals surface area contributed by atoms with Crippen molar-refractivity contribution in [1.82, 2.24) is 10.6 Å². The molecule has 4 heteroatoms. The zero-order valence-corrected chi connectivity index (χ0v) is 11.4. The summed E-state index contributed by atoms with van der Waals surface area (Å²) in [6.45, 7) is 3.52. The number of hydrogen-bond donors (Lipinski definition) is 3. The van der Waals surface area contributed by atoms with Gasteiger partial charge in [-0.3, -0.25) is 4.79 Å². The Balaban J connectivity index is 1.77. The molecule has 0 spiro atoms. The molecule has 104 valence electrons. The largest absolute Gasteiger partial charge is 0.392 e. The van der Waals surface area contributed by atoms with Crippen LogP contribution in [-0.4, -0.2) is 36.8 Å². The minimum Gasteiger partial charge on any atom is -0.392 e. The van der Waals surface area contributed by atoms with Crippen molar-refractivity contribution in [1.29, 1.82) is 0 Å². The highest BCUT2D eigenvalue weighted by atomic mass is 16.3. The van der Waals surface area contributed by atoms with E-state index < -0.39 is 0 Å². The number of carbonyl (C=O) groups excluding carboxylic acids is 1. The molecule has 0 saturated carbocycles. The first-order chi connectivity index (χ1) is 9.16. The highest BCUT2D eigenvalue weighted by Gasteiger charge is 2.13. The molecule has 0 saturated heterocycles. The molecule has 0 bridgehead atoms. The minimum absolute atomic E-state index is 0.0199. The number of benzene rings is 1. The summed E-state index contributed by atoms with van der Waals surface area (Å²) in [6, 6.07) is 5.99. The predicted octanol–water partition coefficient (Wildman–Crippen LogP) is 0.876. The van der Waals surface area contributed by atoms with Gasteiger partial charge in [0.15, 0.2) is 0 Å². The van der Waals surface area contributed by atoms with Gasteiger partial charge in [-0.05, 0) is 49.4 Å². The number of nitrogens with one attached hydrogen (secondary N) is 2. The van der Waals surface area contributed by atoms with Crippen molar-refractivity contribution < 1.29 is 9.90 Å². The second-order valence-electron chi connectivity index (χ2n) is 5.15. The van der Waals surface area contributed by atoms with Crippen LogP contribution < -0.4 is 10.6 Å². The van der Waals surface area contributed by atoms with Crippen molar-refractivity contribution in [3.8, 4) is 0 Å². The van der Waals surface area contributed by atoms with E-state index in [4.69, 9.17) is 5.11 Å². The van der Waals surface area contributed by atoms with Crippen molar-refractivity contribution in [2.24, 2.45) is 0 Å². The third kappa shape index (κ3) is 4.04. The lowest BCUT2D eigenvalue weighted by atomic mass is 10.1. The first-order valence-electron chi connectivity index (χ1n) is 6.95. The van der Waals surface area contributed by atoms with E-state index in [1.807, 2.05) is 12.1 Å². The number of fused-ring (bicyclic) bond motifs is 1. The number of amides is 1. The number of hydrogen-bond acceptors (Lipinski definition) is 3. The first-order valence-corrected chi connectivity index (χ1v) is 6.95. The number of rotatable bonds is 6. The summed E-state index contributed by atoms with van der Waals surface area (Å²) >= 11 is 0. The van der Waals surface area contributed by atoms with Gasteiger partial charge in [0.25, 0.3) is 5.91 Å². The number of carbonyl (C=O) groups is 1. The van der Waals surface area contributed by atoms with Gasteiger partial charge in [0.2, 0.25) is 0 Å². The normalized spacial score (nSPS) is 15.1. The SMILES string of the molecule is CC(O)CNCCNC(=O)c1ccc2c(c1)CCC2. The zero-order chi connectivity index (χ0) is 13.7. The lowest BCUT2D eigenvalue weighted by Crippen LogP contribution is -2.34. The molecule has 1 aliphatic carbocycles. The highest BCUT2D eigenvalue weighted by molar-refractivity contribution is 5.94. The molecule has 19 heavy (non-hydrogen) atoms. The van der Waals surface area contributed by atoms with Crippen molar-refractivity contribution in [2.75, 3.05) is 19.6 Å². The quantitative estimate of drug-likeness (QED) is 0.667. The van der Waals surface area contributed by atoms with Crippen molar-refractivity contribution >= 4 is 5.91 Å². The van der Waals surface area contributed by atoms with E-state index in [0.29, 0.717) is 19.6 Å². The Morgan fingerprint density at radius 2 is 2.11 bits per heavy atom. The minimum atomic E-state index is -0.354. The molecule has 0 heterocycles. The van der Waals surface area contributed by atoms with Crippen LogP contribution in [0.2, 0.25) is 0 Å². The van der Waals surface area contributed by atoms with Crippen LogP contribution in [0.4, 0.5) is 0 Å². The van der Waals surface area contributed by atoms with Gasteiger partial charge in [0.1, 0.15) is 0 Å². The summed E-state index contributed by atoms with van der Waals surface area (Å²) in [5, 5.41) is 15.0. The zero-order valence-electron chi connectivity index (χ0n) is 11.4. The molecule has 1 aromatic carbocycles. The van der Waals surface area contributed by atoms with Gasteiger partial charge in [0, 0.05) is 25.2 Å².